The van der Waals surface area contributed by atoms with Crippen molar-refractivity contribution in [2.24, 2.45) is 5.73 Å². The Morgan fingerprint density at radius 2 is 1.76 bits per heavy atom. The monoisotopic (exact) mass is 278 g/mol. The van der Waals surface area contributed by atoms with E-state index in [2.05, 4.69) is 40.3 Å². The zero-order valence-corrected chi connectivity index (χ0v) is 12.0. The summed E-state index contributed by atoms with van der Waals surface area (Å²) in [4.78, 5) is 4.55. The molecule has 2 aromatic carbocycles. The topological polar surface area (TPSA) is 67.6 Å². The van der Waals surface area contributed by atoms with Gasteiger partial charge in [0, 0.05) is 5.56 Å². The van der Waals surface area contributed by atoms with Crippen molar-refractivity contribution in [3.05, 3.63) is 71.5 Å². The Balaban J connectivity index is 1.80. The van der Waals surface area contributed by atoms with Crippen molar-refractivity contribution in [1.82, 2.24) is 15.2 Å². The lowest BCUT2D eigenvalue weighted by atomic mass is 10.1. The van der Waals surface area contributed by atoms with Crippen molar-refractivity contribution in [1.29, 1.82) is 0 Å². The minimum atomic E-state index is -0.183. The Labute approximate surface area is 124 Å². The molecule has 0 amide bonds. The van der Waals surface area contributed by atoms with E-state index < -0.39 is 0 Å². The second kappa shape index (κ2) is 5.89. The number of H-pyrrole nitrogens is 1. The Hall–Kier alpha value is -2.46. The number of nitrogens with one attached hydrogen (secondary N) is 1. The van der Waals surface area contributed by atoms with Crippen LogP contribution in [0.25, 0.3) is 11.4 Å². The van der Waals surface area contributed by atoms with Crippen LogP contribution in [0, 0.1) is 6.92 Å². The van der Waals surface area contributed by atoms with Crippen molar-refractivity contribution < 1.29 is 0 Å². The van der Waals surface area contributed by atoms with Gasteiger partial charge >= 0.3 is 0 Å². The Bertz CT molecular complexity index is 718. The maximum absolute atomic E-state index is 6.22. The first-order valence-electron chi connectivity index (χ1n) is 7.02. The summed E-state index contributed by atoms with van der Waals surface area (Å²) >= 11 is 0. The lowest BCUT2D eigenvalue weighted by molar-refractivity contribution is 0.671. The smallest absolute Gasteiger partial charge is 0.181 e. The lowest BCUT2D eigenvalue weighted by Gasteiger charge is -2.07. The standard InChI is InChI=1S/C17H18N4/c1-12-7-5-6-10-14(12)16-19-17(21-20-16)15(18)11-13-8-3-2-4-9-13/h2-10,15H,11,18H2,1H3,(H,19,20,21)/t15-/m1/s1. The van der Waals surface area contributed by atoms with E-state index in [9.17, 15) is 0 Å². The first-order chi connectivity index (χ1) is 10.2. The van der Waals surface area contributed by atoms with Crippen LogP contribution in [0.2, 0.25) is 0 Å². The minimum Gasteiger partial charge on any atom is -0.321 e. The molecule has 0 radical (unpaired) electrons. The number of aromatic nitrogens is 3. The van der Waals surface area contributed by atoms with E-state index in [0.717, 1.165) is 23.4 Å². The number of aromatic amines is 1. The summed E-state index contributed by atoms with van der Waals surface area (Å²) < 4.78 is 0. The van der Waals surface area contributed by atoms with Crippen molar-refractivity contribution in [2.75, 3.05) is 0 Å². The molecule has 0 saturated heterocycles. The quantitative estimate of drug-likeness (QED) is 0.771. The Morgan fingerprint density at radius 1 is 1.05 bits per heavy atom. The molecule has 0 saturated carbocycles. The first-order valence-corrected chi connectivity index (χ1v) is 7.02. The molecule has 3 rings (SSSR count). The number of hydrogen-bond donors (Lipinski definition) is 2. The minimum absolute atomic E-state index is 0.183. The normalized spacial score (nSPS) is 12.3. The summed E-state index contributed by atoms with van der Waals surface area (Å²) in [5, 5.41) is 7.26. The van der Waals surface area contributed by atoms with Gasteiger partial charge in [0.1, 0.15) is 5.82 Å². The molecule has 0 aliphatic carbocycles. The highest BCUT2D eigenvalue weighted by Crippen LogP contribution is 2.21. The highest BCUT2D eigenvalue weighted by atomic mass is 15.2. The molecule has 0 bridgehead atoms. The van der Waals surface area contributed by atoms with Crippen LogP contribution in [-0.4, -0.2) is 15.2 Å². The van der Waals surface area contributed by atoms with Gasteiger partial charge in [-0.2, -0.15) is 5.10 Å². The van der Waals surface area contributed by atoms with Crippen LogP contribution in [0.4, 0.5) is 0 Å². The summed E-state index contributed by atoms with van der Waals surface area (Å²) in [6.07, 6.45) is 0.739. The molecule has 4 heteroatoms. The number of hydrogen-bond acceptors (Lipinski definition) is 3. The molecule has 0 aliphatic heterocycles. The highest BCUT2D eigenvalue weighted by Gasteiger charge is 2.14. The third kappa shape index (κ3) is 3.01. The number of rotatable bonds is 4. The van der Waals surface area contributed by atoms with Gasteiger partial charge in [-0.05, 0) is 24.5 Å². The van der Waals surface area contributed by atoms with Crippen LogP contribution in [-0.2, 0) is 6.42 Å². The summed E-state index contributed by atoms with van der Waals surface area (Å²) in [5.74, 6) is 1.42. The van der Waals surface area contributed by atoms with Crippen molar-refractivity contribution in [3.8, 4) is 11.4 Å². The van der Waals surface area contributed by atoms with Crippen molar-refractivity contribution in [2.45, 2.75) is 19.4 Å². The third-order valence-electron chi connectivity index (χ3n) is 3.54. The van der Waals surface area contributed by atoms with Crippen LogP contribution in [0.1, 0.15) is 23.0 Å². The summed E-state index contributed by atoms with van der Waals surface area (Å²) in [5.41, 5.74) is 9.60. The fourth-order valence-electron chi connectivity index (χ4n) is 2.35. The molecule has 1 heterocycles. The van der Waals surface area contributed by atoms with Gasteiger partial charge in [0.15, 0.2) is 5.82 Å². The van der Waals surface area contributed by atoms with Gasteiger partial charge in [-0.15, -0.1) is 0 Å². The zero-order valence-electron chi connectivity index (χ0n) is 12.0. The zero-order chi connectivity index (χ0) is 14.7. The van der Waals surface area contributed by atoms with Crippen molar-refractivity contribution in [3.63, 3.8) is 0 Å². The molecule has 106 valence electrons. The second-order valence-electron chi connectivity index (χ2n) is 5.16. The largest absolute Gasteiger partial charge is 0.321 e. The van der Waals surface area contributed by atoms with Gasteiger partial charge in [-0.3, -0.25) is 5.10 Å². The molecule has 3 N–H and O–H groups in total. The van der Waals surface area contributed by atoms with E-state index in [0.29, 0.717) is 5.82 Å². The van der Waals surface area contributed by atoms with Crippen LogP contribution in [0.3, 0.4) is 0 Å². The molecule has 3 aromatic rings. The molecule has 0 unspecified atom stereocenters. The van der Waals surface area contributed by atoms with E-state index in [-0.39, 0.29) is 6.04 Å². The molecule has 0 aliphatic rings. The van der Waals surface area contributed by atoms with Crippen LogP contribution < -0.4 is 5.73 Å². The fourth-order valence-corrected chi connectivity index (χ4v) is 2.35. The van der Waals surface area contributed by atoms with E-state index in [1.807, 2.05) is 36.4 Å². The predicted molar refractivity (Wildman–Crippen MR) is 83.6 cm³/mol. The number of aryl methyl sites for hydroxylation is 1. The van der Waals surface area contributed by atoms with Crippen molar-refractivity contribution >= 4 is 0 Å². The number of nitrogens with zero attached hydrogens (tertiary/aromatic N) is 2. The molecular formula is C17H18N4. The molecule has 4 nitrogen and oxygen atoms in total. The summed E-state index contributed by atoms with van der Waals surface area (Å²) in [7, 11) is 0. The maximum Gasteiger partial charge on any atom is 0.181 e. The van der Waals surface area contributed by atoms with E-state index >= 15 is 0 Å². The second-order valence-corrected chi connectivity index (χ2v) is 5.16. The van der Waals surface area contributed by atoms with Crippen LogP contribution in [0.5, 0.6) is 0 Å². The summed E-state index contributed by atoms with van der Waals surface area (Å²) in [6, 6.07) is 18.0. The molecule has 0 fully saturated rings. The Morgan fingerprint density at radius 3 is 2.52 bits per heavy atom. The number of nitrogens with two attached hydrogens (primary N) is 1. The summed E-state index contributed by atoms with van der Waals surface area (Å²) in [6.45, 7) is 2.05. The van der Waals surface area contributed by atoms with E-state index in [1.165, 1.54) is 5.56 Å². The highest BCUT2D eigenvalue weighted by molar-refractivity contribution is 5.59. The maximum atomic E-state index is 6.22. The van der Waals surface area contributed by atoms with Gasteiger partial charge in [-0.25, -0.2) is 4.98 Å². The lowest BCUT2D eigenvalue weighted by Crippen LogP contribution is -2.15. The molecule has 1 aromatic heterocycles. The van der Waals surface area contributed by atoms with E-state index in [4.69, 9.17) is 5.73 Å². The van der Waals surface area contributed by atoms with Gasteiger partial charge in [0.05, 0.1) is 6.04 Å². The van der Waals surface area contributed by atoms with Gasteiger partial charge in [-0.1, -0.05) is 54.6 Å². The number of benzene rings is 2. The van der Waals surface area contributed by atoms with Crippen LogP contribution >= 0.6 is 0 Å². The van der Waals surface area contributed by atoms with Crippen LogP contribution in [0.15, 0.2) is 54.6 Å². The SMILES string of the molecule is Cc1ccccc1-c1n[nH]c([C@H](N)Cc2ccccc2)n1. The molecule has 21 heavy (non-hydrogen) atoms. The van der Waals surface area contributed by atoms with Gasteiger partial charge in [0.25, 0.3) is 0 Å². The third-order valence-corrected chi connectivity index (χ3v) is 3.54. The van der Waals surface area contributed by atoms with Gasteiger partial charge < -0.3 is 5.73 Å². The average molecular weight is 278 g/mol. The van der Waals surface area contributed by atoms with E-state index in [1.54, 1.807) is 0 Å². The fraction of sp³-hybridized carbons (Fsp3) is 0.176. The molecule has 0 spiro atoms. The average Bonchev–Trinajstić information content (AvgIpc) is 2.98. The van der Waals surface area contributed by atoms with Gasteiger partial charge in [0.2, 0.25) is 0 Å². The predicted octanol–water partition coefficient (Wildman–Crippen LogP) is 3.02. The molecular weight excluding hydrogens is 260 g/mol. The first kappa shape index (κ1) is 13.5. The molecule has 1 atom stereocenters. The Kier molecular flexibility index (Phi) is 3.79.